The predicted octanol–water partition coefficient (Wildman–Crippen LogP) is 9.33. The van der Waals surface area contributed by atoms with Crippen molar-refractivity contribution in [3.05, 3.63) is 148 Å². The van der Waals surface area contributed by atoms with Crippen LogP contribution in [-0.4, -0.2) is 0 Å². The van der Waals surface area contributed by atoms with Crippen molar-refractivity contribution in [2.45, 2.75) is 61.8 Å². The Kier molecular flexibility index (Phi) is 11.8. The summed E-state index contributed by atoms with van der Waals surface area (Å²) < 4.78 is 0. The van der Waals surface area contributed by atoms with Crippen molar-refractivity contribution in [1.29, 1.82) is 0 Å². The second kappa shape index (κ2) is 14.8. The Bertz CT molecular complexity index is 1420. The molecule has 2 aromatic carbocycles. The van der Waals surface area contributed by atoms with Crippen LogP contribution in [-0.2, 0) is 0 Å². The second-order valence-electron chi connectivity index (χ2n) is 9.82. The van der Waals surface area contributed by atoms with Gasteiger partial charge in [-0.15, -0.1) is 0 Å². The Balaban J connectivity index is 2.54. The third-order valence-electron chi connectivity index (χ3n) is 7.06. The number of rotatable bonds is 10. The minimum atomic E-state index is 0.882. The van der Waals surface area contributed by atoms with Gasteiger partial charge in [0.1, 0.15) is 0 Å². The van der Waals surface area contributed by atoms with E-state index in [0.717, 1.165) is 29.1 Å². The van der Waals surface area contributed by atoms with Crippen molar-refractivity contribution in [3.63, 3.8) is 0 Å². The minimum Gasteiger partial charge on any atom is -0.311 e. The van der Waals surface area contributed by atoms with Gasteiger partial charge in [0.25, 0.3) is 0 Å². The lowest BCUT2D eigenvalue weighted by atomic mass is 9.99. The Labute approximate surface area is 231 Å². The van der Waals surface area contributed by atoms with Gasteiger partial charge in [0.05, 0.1) is 0 Å². The average Bonchev–Trinajstić information content (AvgIpc) is 2.94. The van der Waals surface area contributed by atoms with Crippen molar-refractivity contribution >= 4 is 16.8 Å². The topological polar surface area (TPSA) is 3.24 Å². The lowest BCUT2D eigenvalue weighted by Crippen LogP contribution is -2.28. The first-order chi connectivity index (χ1) is 18.1. The second-order valence-corrected chi connectivity index (χ2v) is 9.82. The van der Waals surface area contributed by atoms with Crippen LogP contribution in [0.25, 0.3) is 11.1 Å². The smallest absolute Gasteiger partial charge is 0.0461 e. The first kappa shape index (κ1) is 30.4. The molecule has 0 N–H and O–H groups in total. The fraction of sp³-hybridized carbons (Fsp3) is 0.243. The van der Waals surface area contributed by atoms with E-state index in [0.29, 0.717) is 0 Å². The molecule has 2 aromatic rings. The predicted molar refractivity (Wildman–Crippen MR) is 171 cm³/mol. The summed E-state index contributed by atoms with van der Waals surface area (Å²) >= 11 is 0. The molecule has 1 nitrogen and oxygen atoms in total. The molecule has 0 aliphatic heterocycles. The number of allylic oxidation sites excluding steroid dienone is 10. The Morgan fingerprint density at radius 2 is 1.16 bits per heavy atom. The molecule has 0 fully saturated rings. The van der Waals surface area contributed by atoms with E-state index in [1.807, 2.05) is 37.3 Å². The van der Waals surface area contributed by atoms with Gasteiger partial charge < -0.3 is 4.90 Å². The van der Waals surface area contributed by atoms with Crippen molar-refractivity contribution in [2.75, 3.05) is 4.90 Å². The number of para-hydroxylation sites is 1. The third kappa shape index (κ3) is 8.08. The Morgan fingerprint density at radius 3 is 1.66 bits per heavy atom. The molecule has 0 aliphatic rings. The van der Waals surface area contributed by atoms with Gasteiger partial charge in [-0.2, -0.15) is 0 Å². The Hall–Kier alpha value is -3.84. The van der Waals surface area contributed by atoms with Crippen molar-refractivity contribution in [2.24, 2.45) is 0 Å². The summed E-state index contributed by atoms with van der Waals surface area (Å²) in [6.45, 7) is 26.0. The fourth-order valence-corrected chi connectivity index (χ4v) is 4.06. The van der Waals surface area contributed by atoms with E-state index in [1.54, 1.807) is 0 Å². The molecule has 0 aromatic heterocycles. The monoisotopic (exact) mass is 503 g/mol. The molecule has 0 atom stereocenters. The summed E-state index contributed by atoms with van der Waals surface area (Å²) in [6, 6.07) is 18.9. The third-order valence-corrected chi connectivity index (χ3v) is 7.06. The maximum absolute atomic E-state index is 4.42. The van der Waals surface area contributed by atoms with Crippen LogP contribution in [0.1, 0.15) is 61.8 Å². The van der Waals surface area contributed by atoms with E-state index in [1.165, 1.54) is 38.3 Å². The van der Waals surface area contributed by atoms with E-state index >= 15 is 0 Å². The highest BCUT2D eigenvalue weighted by atomic mass is 15.1. The van der Waals surface area contributed by atoms with E-state index in [9.17, 15) is 0 Å². The van der Waals surface area contributed by atoms with Crippen molar-refractivity contribution in [1.82, 2.24) is 0 Å². The molecule has 0 aliphatic carbocycles. The molecule has 0 heterocycles. The van der Waals surface area contributed by atoms with Crippen LogP contribution >= 0.6 is 0 Å². The molecule has 38 heavy (non-hydrogen) atoms. The molecular formula is C37H45N. The first-order valence-electron chi connectivity index (χ1n) is 13.4. The van der Waals surface area contributed by atoms with Gasteiger partial charge in [0.15, 0.2) is 0 Å². The summed E-state index contributed by atoms with van der Waals surface area (Å²) in [6.07, 6.45) is 13.9. The average molecular weight is 504 g/mol. The molecule has 0 saturated carbocycles. The normalized spacial score (nSPS) is 14.9. The Morgan fingerprint density at radius 1 is 0.684 bits per heavy atom. The van der Waals surface area contributed by atoms with Gasteiger partial charge >= 0.3 is 0 Å². The summed E-state index contributed by atoms with van der Waals surface area (Å²) in [5.41, 5.74) is 10.4. The quantitative estimate of drug-likeness (QED) is 0.292. The maximum atomic E-state index is 4.42. The summed E-state index contributed by atoms with van der Waals surface area (Å²) in [5, 5.41) is 2.54. The highest BCUT2D eigenvalue weighted by Gasteiger charge is 2.13. The zero-order valence-electron chi connectivity index (χ0n) is 24.7. The zero-order valence-corrected chi connectivity index (χ0v) is 24.7. The lowest BCUT2D eigenvalue weighted by molar-refractivity contribution is 1.10. The molecule has 0 unspecified atom stereocenters. The number of anilines is 1. The van der Waals surface area contributed by atoms with Crippen LogP contribution in [0.3, 0.4) is 0 Å². The molecule has 0 spiro atoms. The molecule has 0 saturated heterocycles. The lowest BCUT2D eigenvalue weighted by Gasteiger charge is -2.28. The molecule has 0 radical (unpaired) electrons. The van der Waals surface area contributed by atoms with Gasteiger partial charge in [-0.05, 0) is 111 Å². The van der Waals surface area contributed by atoms with Gasteiger partial charge in [-0.1, -0.05) is 98.5 Å². The van der Waals surface area contributed by atoms with Gasteiger partial charge in [-0.25, -0.2) is 0 Å². The van der Waals surface area contributed by atoms with Crippen LogP contribution < -0.4 is 15.3 Å². The summed E-state index contributed by atoms with van der Waals surface area (Å²) in [4.78, 5) is 2.10. The number of nitrogens with zero attached hydrogens (tertiary/aromatic N) is 1. The first-order valence-corrected chi connectivity index (χ1v) is 13.4. The number of benzene rings is 2. The van der Waals surface area contributed by atoms with Crippen LogP contribution in [0.2, 0.25) is 0 Å². The largest absolute Gasteiger partial charge is 0.311 e. The summed E-state index contributed by atoms with van der Waals surface area (Å²) in [5.74, 6) is 0. The summed E-state index contributed by atoms with van der Waals surface area (Å²) in [7, 11) is 0. The fourth-order valence-electron chi connectivity index (χ4n) is 4.06. The highest BCUT2D eigenvalue weighted by Crippen LogP contribution is 2.27. The zero-order chi connectivity index (χ0) is 28.2. The number of hydrogen-bond acceptors (Lipinski definition) is 1. The van der Waals surface area contributed by atoms with Crippen LogP contribution in [0.4, 0.5) is 5.69 Å². The molecule has 0 amide bonds. The van der Waals surface area contributed by atoms with E-state index < -0.39 is 0 Å². The minimum absolute atomic E-state index is 0.882. The molecule has 2 rings (SSSR count). The van der Waals surface area contributed by atoms with Crippen LogP contribution in [0, 0.1) is 0 Å². The van der Waals surface area contributed by atoms with E-state index in [2.05, 4.69) is 127 Å². The molecule has 1 heteroatoms. The van der Waals surface area contributed by atoms with Gasteiger partial charge in [0, 0.05) is 17.1 Å². The van der Waals surface area contributed by atoms with E-state index in [-0.39, 0.29) is 0 Å². The van der Waals surface area contributed by atoms with E-state index in [4.69, 9.17) is 0 Å². The molecule has 198 valence electrons. The maximum Gasteiger partial charge on any atom is 0.0461 e. The van der Waals surface area contributed by atoms with Crippen LogP contribution in [0.15, 0.2) is 138 Å². The molecule has 0 bridgehead atoms. The van der Waals surface area contributed by atoms with Crippen molar-refractivity contribution < 1.29 is 0 Å². The van der Waals surface area contributed by atoms with Gasteiger partial charge in [-0.3, -0.25) is 0 Å². The number of hydrogen-bond donors (Lipinski definition) is 0. The molecular weight excluding hydrogens is 458 g/mol. The van der Waals surface area contributed by atoms with Crippen LogP contribution in [0.5, 0.6) is 0 Å². The SMILES string of the molecule is C=C(C=CC)N(C(=C)C(C)=CC=C(C)C(C)=c1ccccc1=C(C)C(C)=CC=C(C)CC)c1ccccc1. The standard InChI is InChI=1S/C37H45N/c1-11-18-31(7)38(35-19-14-13-15-20-35)34(10)30(6)26-25-29(5)33(9)37-22-17-16-21-36(37)32(8)28(4)24-23-27(3)12-2/h11,13-26H,7,10,12H2,1-6,8-9H3. The van der Waals surface area contributed by atoms with Crippen molar-refractivity contribution in [3.8, 4) is 0 Å². The highest BCUT2D eigenvalue weighted by molar-refractivity contribution is 5.68. The van der Waals surface area contributed by atoms with Gasteiger partial charge in [0.2, 0.25) is 0 Å².